The topological polar surface area (TPSA) is 50.4 Å². The first-order chi connectivity index (χ1) is 12.6. The summed E-state index contributed by atoms with van der Waals surface area (Å²) in [6.45, 7) is 3.23. The average Bonchev–Trinajstić information content (AvgIpc) is 2.68. The Morgan fingerprint density at radius 2 is 1.77 bits per heavy atom. The van der Waals surface area contributed by atoms with Gasteiger partial charge in [0.15, 0.2) is 0 Å². The lowest BCUT2D eigenvalue weighted by molar-refractivity contribution is -0.129. The van der Waals surface area contributed by atoms with Crippen LogP contribution in [0.25, 0.3) is 0 Å². The van der Waals surface area contributed by atoms with Crippen LogP contribution < -0.4 is 10.6 Å². The van der Waals surface area contributed by atoms with Crippen LogP contribution in [-0.4, -0.2) is 39.3 Å². The molecule has 1 amide bonds. The highest BCUT2D eigenvalue weighted by Crippen LogP contribution is 2.40. The van der Waals surface area contributed by atoms with Gasteiger partial charge in [-0.25, -0.2) is 4.39 Å². The molecule has 5 heteroatoms. The van der Waals surface area contributed by atoms with Gasteiger partial charge in [-0.2, -0.15) is 0 Å². The SMILES string of the molecule is COCC1(CNC(=O)C2(c3ccc(F)cc3)CCCCC2)CCNCC1. The van der Waals surface area contributed by atoms with Crippen molar-refractivity contribution in [3.8, 4) is 0 Å². The molecule has 0 atom stereocenters. The lowest BCUT2D eigenvalue weighted by Crippen LogP contribution is -2.52. The Kier molecular flexibility index (Phi) is 6.30. The van der Waals surface area contributed by atoms with E-state index in [1.807, 2.05) is 0 Å². The van der Waals surface area contributed by atoms with Crippen molar-refractivity contribution in [1.29, 1.82) is 0 Å². The Bertz CT molecular complexity index is 585. The molecule has 0 aromatic heterocycles. The largest absolute Gasteiger partial charge is 0.384 e. The Balaban J connectivity index is 1.76. The minimum Gasteiger partial charge on any atom is -0.384 e. The Hall–Kier alpha value is -1.46. The van der Waals surface area contributed by atoms with Crippen LogP contribution in [0.5, 0.6) is 0 Å². The fourth-order valence-corrected chi connectivity index (χ4v) is 4.64. The molecule has 1 aromatic rings. The monoisotopic (exact) mass is 362 g/mol. The van der Waals surface area contributed by atoms with E-state index in [0.29, 0.717) is 13.2 Å². The molecule has 1 aliphatic heterocycles. The van der Waals surface area contributed by atoms with E-state index in [1.165, 1.54) is 12.1 Å². The molecule has 1 saturated carbocycles. The minimum atomic E-state index is -0.521. The molecule has 1 heterocycles. The van der Waals surface area contributed by atoms with Gasteiger partial charge in [-0.05, 0) is 56.5 Å². The lowest BCUT2D eigenvalue weighted by Gasteiger charge is -2.40. The molecule has 1 saturated heterocycles. The summed E-state index contributed by atoms with van der Waals surface area (Å²) in [7, 11) is 1.73. The number of nitrogens with one attached hydrogen (secondary N) is 2. The smallest absolute Gasteiger partial charge is 0.230 e. The molecular formula is C21H31FN2O2. The second-order valence-corrected chi connectivity index (χ2v) is 8.02. The molecule has 2 aliphatic rings. The summed E-state index contributed by atoms with van der Waals surface area (Å²) in [5, 5.41) is 6.64. The molecule has 3 rings (SSSR count). The van der Waals surface area contributed by atoms with Crippen LogP contribution in [0.4, 0.5) is 4.39 Å². The van der Waals surface area contributed by atoms with E-state index in [1.54, 1.807) is 19.2 Å². The molecular weight excluding hydrogens is 331 g/mol. The van der Waals surface area contributed by atoms with Crippen molar-refractivity contribution < 1.29 is 13.9 Å². The third-order valence-electron chi connectivity index (χ3n) is 6.28. The van der Waals surface area contributed by atoms with Gasteiger partial charge in [0.1, 0.15) is 5.82 Å². The fraction of sp³-hybridized carbons (Fsp3) is 0.667. The average molecular weight is 362 g/mol. The van der Waals surface area contributed by atoms with Crippen molar-refractivity contribution in [2.45, 2.75) is 50.4 Å². The molecule has 4 nitrogen and oxygen atoms in total. The third kappa shape index (κ3) is 4.09. The highest BCUT2D eigenvalue weighted by molar-refractivity contribution is 5.88. The maximum Gasteiger partial charge on any atom is 0.230 e. The number of methoxy groups -OCH3 is 1. The molecule has 0 unspecified atom stereocenters. The van der Waals surface area contributed by atoms with Gasteiger partial charge in [-0.1, -0.05) is 31.4 Å². The number of carbonyl (C=O) groups excluding carboxylic acids is 1. The quantitative estimate of drug-likeness (QED) is 0.817. The second-order valence-electron chi connectivity index (χ2n) is 8.02. The van der Waals surface area contributed by atoms with E-state index >= 15 is 0 Å². The normalized spacial score (nSPS) is 21.9. The van der Waals surface area contributed by atoms with E-state index in [-0.39, 0.29) is 17.1 Å². The van der Waals surface area contributed by atoms with Crippen molar-refractivity contribution in [2.24, 2.45) is 5.41 Å². The molecule has 0 spiro atoms. The number of halogens is 1. The zero-order valence-electron chi connectivity index (χ0n) is 15.8. The van der Waals surface area contributed by atoms with Crippen LogP contribution in [-0.2, 0) is 14.9 Å². The third-order valence-corrected chi connectivity index (χ3v) is 6.28. The van der Waals surface area contributed by atoms with Gasteiger partial charge < -0.3 is 15.4 Å². The summed E-state index contributed by atoms with van der Waals surface area (Å²) < 4.78 is 18.9. The first-order valence-corrected chi connectivity index (χ1v) is 9.84. The summed E-state index contributed by atoms with van der Waals surface area (Å²) in [5.41, 5.74) is 0.434. The zero-order valence-corrected chi connectivity index (χ0v) is 15.8. The van der Waals surface area contributed by atoms with Gasteiger partial charge in [0.2, 0.25) is 5.91 Å². The highest BCUT2D eigenvalue weighted by Gasteiger charge is 2.42. The van der Waals surface area contributed by atoms with E-state index in [9.17, 15) is 9.18 Å². The molecule has 1 aromatic carbocycles. The summed E-state index contributed by atoms with van der Waals surface area (Å²) in [6.07, 6.45) is 6.92. The molecule has 144 valence electrons. The summed E-state index contributed by atoms with van der Waals surface area (Å²) >= 11 is 0. The lowest BCUT2D eigenvalue weighted by atomic mass is 9.68. The van der Waals surface area contributed by atoms with Crippen LogP contribution in [0.2, 0.25) is 0 Å². The molecule has 1 aliphatic carbocycles. The van der Waals surface area contributed by atoms with Gasteiger partial charge in [0.05, 0.1) is 12.0 Å². The summed E-state index contributed by atoms with van der Waals surface area (Å²) in [4.78, 5) is 13.3. The Labute approximate surface area is 155 Å². The summed E-state index contributed by atoms with van der Waals surface area (Å²) in [5.74, 6) is -0.160. The maximum atomic E-state index is 13.4. The molecule has 26 heavy (non-hydrogen) atoms. The van der Waals surface area contributed by atoms with Crippen LogP contribution >= 0.6 is 0 Å². The number of benzene rings is 1. The Morgan fingerprint density at radius 1 is 1.12 bits per heavy atom. The number of ether oxygens (including phenoxy) is 1. The van der Waals surface area contributed by atoms with Crippen LogP contribution in [0.1, 0.15) is 50.5 Å². The van der Waals surface area contributed by atoms with E-state index in [2.05, 4.69) is 10.6 Å². The van der Waals surface area contributed by atoms with E-state index < -0.39 is 5.41 Å². The van der Waals surface area contributed by atoms with Gasteiger partial charge in [0, 0.05) is 19.1 Å². The maximum absolute atomic E-state index is 13.4. The second kappa shape index (κ2) is 8.49. The number of piperidine rings is 1. The van der Waals surface area contributed by atoms with Crippen molar-refractivity contribution in [1.82, 2.24) is 10.6 Å². The van der Waals surface area contributed by atoms with Gasteiger partial charge in [-0.3, -0.25) is 4.79 Å². The Morgan fingerprint density at radius 3 is 2.38 bits per heavy atom. The van der Waals surface area contributed by atoms with Crippen molar-refractivity contribution in [3.63, 3.8) is 0 Å². The van der Waals surface area contributed by atoms with E-state index in [0.717, 1.165) is 63.6 Å². The fourth-order valence-electron chi connectivity index (χ4n) is 4.64. The number of amides is 1. The first-order valence-electron chi connectivity index (χ1n) is 9.84. The van der Waals surface area contributed by atoms with Crippen LogP contribution in [0.15, 0.2) is 24.3 Å². The number of hydrogen-bond donors (Lipinski definition) is 2. The van der Waals surface area contributed by atoms with Gasteiger partial charge in [0.25, 0.3) is 0 Å². The van der Waals surface area contributed by atoms with E-state index in [4.69, 9.17) is 4.74 Å². The number of hydrogen-bond acceptors (Lipinski definition) is 3. The van der Waals surface area contributed by atoms with Gasteiger partial charge >= 0.3 is 0 Å². The summed E-state index contributed by atoms with van der Waals surface area (Å²) in [6, 6.07) is 6.52. The number of carbonyl (C=O) groups is 1. The van der Waals surface area contributed by atoms with Crippen LogP contribution in [0.3, 0.4) is 0 Å². The molecule has 2 fully saturated rings. The molecule has 2 N–H and O–H groups in total. The van der Waals surface area contributed by atoms with Crippen molar-refractivity contribution in [2.75, 3.05) is 33.4 Å². The highest BCUT2D eigenvalue weighted by atomic mass is 19.1. The predicted molar refractivity (Wildman–Crippen MR) is 101 cm³/mol. The standard InChI is InChI=1S/C21H31FN2O2/c1-26-16-20(11-13-23-14-12-20)15-24-19(25)21(9-3-2-4-10-21)17-5-7-18(22)8-6-17/h5-8,23H,2-4,9-16H2,1H3,(H,24,25). The molecule has 0 radical (unpaired) electrons. The van der Waals surface area contributed by atoms with Gasteiger partial charge in [-0.15, -0.1) is 0 Å². The van der Waals surface area contributed by atoms with Crippen LogP contribution in [0, 0.1) is 11.2 Å². The zero-order chi connectivity index (χ0) is 18.5. The minimum absolute atomic E-state index is 0.00825. The number of rotatable bonds is 6. The predicted octanol–water partition coefficient (Wildman–Crippen LogP) is 3.16. The molecule has 0 bridgehead atoms. The van der Waals surface area contributed by atoms with Crippen molar-refractivity contribution in [3.05, 3.63) is 35.6 Å². The first kappa shape index (κ1) is 19.3. The van der Waals surface area contributed by atoms with Crippen molar-refractivity contribution >= 4 is 5.91 Å².